The topological polar surface area (TPSA) is 12.9 Å². The van der Waals surface area contributed by atoms with Crippen LogP contribution in [0, 0.1) is 13.8 Å². The fraction of sp³-hybridized carbons (Fsp3) is 0.167. The second kappa shape index (κ2) is 8.79. The maximum atomic E-state index is 15.5. The van der Waals surface area contributed by atoms with Crippen molar-refractivity contribution in [2.24, 2.45) is 0 Å². The van der Waals surface area contributed by atoms with E-state index in [1.54, 1.807) is 48.5 Å². The van der Waals surface area contributed by atoms with Crippen LogP contribution in [0.5, 0.6) is 0 Å². The zero-order chi connectivity index (χ0) is 27.7. The summed E-state index contributed by atoms with van der Waals surface area (Å²) in [5.74, 6) is -15.9. The van der Waals surface area contributed by atoms with Crippen LogP contribution in [0.2, 0.25) is 0 Å². The molecule has 0 radical (unpaired) electrons. The summed E-state index contributed by atoms with van der Waals surface area (Å²) in [5, 5.41) is 0.822. The van der Waals surface area contributed by atoms with Crippen molar-refractivity contribution in [2.75, 3.05) is 0 Å². The number of hydrogen-bond acceptors (Lipinski definition) is 3. The van der Waals surface area contributed by atoms with E-state index in [0.29, 0.717) is 15.6 Å². The van der Waals surface area contributed by atoms with Gasteiger partial charge in [0.2, 0.25) is 0 Å². The van der Waals surface area contributed by atoms with Gasteiger partial charge in [-0.2, -0.15) is 26.3 Å². The highest BCUT2D eigenvalue weighted by atomic mass is 32.1. The molecule has 9 heteroatoms. The quantitative estimate of drug-likeness (QED) is 0.196. The molecule has 0 spiro atoms. The van der Waals surface area contributed by atoms with E-state index in [9.17, 15) is 8.78 Å². The molecular weight excluding hydrogens is 552 g/mol. The number of benzene rings is 3. The van der Waals surface area contributed by atoms with E-state index in [4.69, 9.17) is 0 Å². The number of thiophene rings is 1. The Morgan fingerprint density at radius 2 is 1.23 bits per heavy atom. The summed E-state index contributed by atoms with van der Waals surface area (Å²) < 4.78 is 92.3. The molecule has 0 aliphatic heterocycles. The number of thiazole rings is 1. The lowest BCUT2D eigenvalue weighted by molar-refractivity contribution is -0.254. The van der Waals surface area contributed by atoms with Crippen molar-refractivity contribution >= 4 is 43.9 Å². The third kappa shape index (κ3) is 3.70. The van der Waals surface area contributed by atoms with Gasteiger partial charge >= 0.3 is 17.8 Å². The Morgan fingerprint density at radius 1 is 0.641 bits per heavy atom. The second-order valence-corrected chi connectivity index (χ2v) is 11.7. The number of hydrogen-bond donors (Lipinski definition) is 0. The Balaban J connectivity index is 1.62. The Kier molecular flexibility index (Phi) is 5.82. The molecule has 0 amide bonds. The van der Waals surface area contributed by atoms with Crippen molar-refractivity contribution < 1.29 is 26.3 Å². The zero-order valence-electron chi connectivity index (χ0n) is 20.5. The van der Waals surface area contributed by atoms with E-state index in [0.717, 1.165) is 33.8 Å². The van der Waals surface area contributed by atoms with Crippen molar-refractivity contribution in [3.8, 4) is 21.7 Å². The van der Waals surface area contributed by atoms with Crippen molar-refractivity contribution in [1.29, 1.82) is 0 Å². The average Bonchev–Trinajstić information content (AvgIpc) is 3.49. The third-order valence-corrected chi connectivity index (χ3v) is 9.30. The average molecular weight is 572 g/mol. The first-order valence-corrected chi connectivity index (χ1v) is 13.6. The van der Waals surface area contributed by atoms with E-state index in [1.165, 1.54) is 13.8 Å². The van der Waals surface area contributed by atoms with Gasteiger partial charge < -0.3 is 0 Å². The summed E-state index contributed by atoms with van der Waals surface area (Å²) in [7, 11) is 0. The molecule has 2 heterocycles. The first-order valence-electron chi connectivity index (χ1n) is 12.0. The SMILES string of the molecule is Cc1sc(-c2ccccc2)nc1C1=C(c2sc3ccc(-c4ccccc4)cc3c2C)C(F)(F)C(F)(F)C1(F)F. The molecule has 6 rings (SSSR count). The zero-order valence-corrected chi connectivity index (χ0v) is 22.2. The van der Waals surface area contributed by atoms with Crippen LogP contribution in [0.4, 0.5) is 26.3 Å². The molecule has 3 aromatic carbocycles. The van der Waals surface area contributed by atoms with Crippen LogP contribution in [0.1, 0.15) is 21.0 Å². The molecule has 1 aliphatic carbocycles. The highest BCUT2D eigenvalue weighted by molar-refractivity contribution is 7.20. The lowest BCUT2D eigenvalue weighted by Gasteiger charge is -2.25. The highest BCUT2D eigenvalue weighted by Crippen LogP contribution is 2.66. The van der Waals surface area contributed by atoms with Crippen LogP contribution in [-0.2, 0) is 0 Å². The second-order valence-electron chi connectivity index (χ2n) is 9.40. The summed E-state index contributed by atoms with van der Waals surface area (Å²) in [6.45, 7) is 2.93. The highest BCUT2D eigenvalue weighted by Gasteiger charge is 2.81. The largest absolute Gasteiger partial charge is 0.380 e. The van der Waals surface area contributed by atoms with Crippen LogP contribution in [0.15, 0.2) is 78.9 Å². The van der Waals surface area contributed by atoms with Crippen LogP contribution < -0.4 is 0 Å². The van der Waals surface area contributed by atoms with Crippen molar-refractivity contribution in [3.05, 3.63) is 99.9 Å². The molecule has 0 atom stereocenters. The lowest BCUT2D eigenvalue weighted by Crippen LogP contribution is -2.48. The normalized spacial score (nSPS) is 17.7. The van der Waals surface area contributed by atoms with Crippen molar-refractivity contribution in [3.63, 3.8) is 0 Å². The minimum Gasteiger partial charge on any atom is -0.236 e. The lowest BCUT2D eigenvalue weighted by atomic mass is 9.98. The summed E-state index contributed by atoms with van der Waals surface area (Å²) in [6, 6.07) is 23.1. The number of rotatable bonds is 4. The van der Waals surface area contributed by atoms with E-state index < -0.39 is 34.6 Å². The number of allylic oxidation sites excluding steroid dienone is 2. The standard InChI is InChI=1S/C30H19F6NS2/c1-16-21-15-20(18-9-5-3-6-10-18)13-14-22(21)39-26(16)24-23(28(31,32)30(35,36)29(24,33)34)25-17(2)38-27(37-25)19-11-7-4-8-12-19/h3-15H,1-2H3. The molecule has 5 aromatic rings. The maximum absolute atomic E-state index is 15.5. The number of nitrogens with zero attached hydrogens (tertiary/aromatic N) is 1. The first kappa shape index (κ1) is 25.8. The predicted octanol–water partition coefficient (Wildman–Crippen LogP) is 10.1. The molecule has 1 nitrogen and oxygen atoms in total. The van der Waals surface area contributed by atoms with Gasteiger partial charge in [-0.1, -0.05) is 66.7 Å². The number of alkyl halides is 6. The molecule has 0 bridgehead atoms. The molecular formula is C30H19F6NS2. The molecule has 1 aliphatic rings. The number of aromatic nitrogens is 1. The van der Waals surface area contributed by atoms with Crippen molar-refractivity contribution in [1.82, 2.24) is 4.98 Å². The van der Waals surface area contributed by atoms with Gasteiger partial charge in [0.05, 0.1) is 16.8 Å². The molecule has 198 valence electrons. The van der Waals surface area contributed by atoms with E-state index >= 15 is 17.6 Å². The predicted molar refractivity (Wildman–Crippen MR) is 146 cm³/mol. The van der Waals surface area contributed by atoms with E-state index in [2.05, 4.69) is 4.98 Å². The Morgan fingerprint density at radius 3 is 1.87 bits per heavy atom. The molecule has 2 aromatic heterocycles. The van der Waals surface area contributed by atoms with Gasteiger partial charge in [-0.25, -0.2) is 4.98 Å². The summed E-state index contributed by atoms with van der Waals surface area (Å²) in [4.78, 5) is 4.08. The number of fused-ring (bicyclic) bond motifs is 1. The number of halogens is 6. The van der Waals surface area contributed by atoms with Crippen LogP contribution in [0.3, 0.4) is 0 Å². The fourth-order valence-electron chi connectivity index (χ4n) is 4.95. The minimum absolute atomic E-state index is 0.152. The first-order chi connectivity index (χ1) is 18.4. The van der Waals surface area contributed by atoms with Crippen molar-refractivity contribution in [2.45, 2.75) is 31.6 Å². The molecule has 0 fully saturated rings. The van der Waals surface area contributed by atoms with Gasteiger partial charge in [-0.05, 0) is 48.1 Å². The van der Waals surface area contributed by atoms with E-state index in [-0.39, 0.29) is 20.3 Å². The van der Waals surface area contributed by atoms with Gasteiger partial charge in [-0.3, -0.25) is 0 Å². The Labute approximate surface area is 228 Å². The van der Waals surface area contributed by atoms with Gasteiger partial charge in [0.15, 0.2) is 0 Å². The molecule has 0 unspecified atom stereocenters. The van der Waals surface area contributed by atoms with Gasteiger partial charge in [0.1, 0.15) is 5.01 Å². The maximum Gasteiger partial charge on any atom is 0.380 e. The van der Waals surface area contributed by atoms with Gasteiger partial charge in [0, 0.05) is 20.0 Å². The summed E-state index contributed by atoms with van der Waals surface area (Å²) in [5.41, 5.74) is -0.812. The third-order valence-electron chi connectivity index (χ3n) is 6.99. The minimum atomic E-state index is -5.63. The molecule has 0 saturated heterocycles. The summed E-state index contributed by atoms with van der Waals surface area (Å²) >= 11 is 1.80. The summed E-state index contributed by atoms with van der Waals surface area (Å²) in [6.07, 6.45) is 0. The Hall–Kier alpha value is -3.43. The fourth-order valence-corrected chi connectivity index (χ4v) is 7.15. The number of aryl methyl sites for hydroxylation is 2. The van der Waals surface area contributed by atoms with E-state index in [1.807, 2.05) is 30.3 Å². The smallest absolute Gasteiger partial charge is 0.236 e. The Bertz CT molecular complexity index is 1750. The van der Waals surface area contributed by atoms with Gasteiger partial charge in [0.25, 0.3) is 0 Å². The molecule has 0 saturated carbocycles. The van der Waals surface area contributed by atoms with Crippen LogP contribution >= 0.6 is 22.7 Å². The van der Waals surface area contributed by atoms with Gasteiger partial charge in [-0.15, -0.1) is 22.7 Å². The molecule has 0 N–H and O–H groups in total. The molecule has 39 heavy (non-hydrogen) atoms. The van der Waals surface area contributed by atoms with Crippen LogP contribution in [-0.4, -0.2) is 22.8 Å². The monoisotopic (exact) mass is 571 g/mol. The van der Waals surface area contributed by atoms with Crippen LogP contribution in [0.25, 0.3) is 42.9 Å².